The maximum atomic E-state index is 6.06. The fraction of sp³-hybridized carbons (Fsp3) is 0.143. The molecule has 0 radical (unpaired) electrons. The van der Waals surface area contributed by atoms with Crippen LogP contribution in [0.3, 0.4) is 0 Å². The Bertz CT molecular complexity index is 991. The summed E-state index contributed by atoms with van der Waals surface area (Å²) in [4.78, 5) is 0. The maximum Gasteiger partial charge on any atom is 0.0629 e. The van der Waals surface area contributed by atoms with Crippen molar-refractivity contribution < 1.29 is 19.5 Å². The number of aryl methyl sites for hydroxylation is 1. The Kier molecular flexibility index (Phi) is 11.1. The Morgan fingerprint density at radius 2 is 0.938 bits per heavy atom. The van der Waals surface area contributed by atoms with Crippen LogP contribution in [0, 0.1) is 6.92 Å². The average Bonchev–Trinajstić information content (AvgIpc) is 2.80. The van der Waals surface area contributed by atoms with E-state index in [0.29, 0.717) is 16.0 Å². The molecule has 4 rings (SSSR count). The first-order chi connectivity index (χ1) is 15.0. The van der Waals surface area contributed by atoms with Crippen molar-refractivity contribution in [2.75, 3.05) is 0 Å². The number of benzene rings is 4. The van der Waals surface area contributed by atoms with Crippen LogP contribution in [0.25, 0.3) is 0 Å². The van der Waals surface area contributed by atoms with Crippen molar-refractivity contribution in [2.45, 2.75) is 26.7 Å². The molecule has 166 valence electrons. The van der Waals surface area contributed by atoms with Crippen molar-refractivity contribution in [3.05, 3.63) is 124 Å². The molecule has 0 nitrogen and oxygen atoms in total. The van der Waals surface area contributed by atoms with Gasteiger partial charge in [-0.05, 0) is 47.8 Å². The van der Waals surface area contributed by atoms with Gasteiger partial charge in [0.05, 0.1) is 10.0 Å². The van der Waals surface area contributed by atoms with Crippen molar-refractivity contribution in [2.24, 2.45) is 0 Å². The molecule has 32 heavy (non-hydrogen) atoms. The van der Waals surface area contributed by atoms with Gasteiger partial charge in [-0.15, -0.1) is 0 Å². The summed E-state index contributed by atoms with van der Waals surface area (Å²) in [5.74, 6) is 0.426. The molecule has 0 saturated heterocycles. The standard InChI is InChI=1S/C18H15P.C10H12Cl2.Ru/c1-4-10-16(11-5-1)19(17-12-6-2-7-13-17)18-14-8-3-9-15-18;1-6(2)8-5-4-7(3)9(11)10(8)12;/h1-15H;4-6H,1-3H3;. The second-order valence-electron chi connectivity index (χ2n) is 7.60. The molecule has 0 N–H and O–H groups in total. The van der Waals surface area contributed by atoms with Gasteiger partial charge in [0.2, 0.25) is 0 Å². The Balaban J connectivity index is 0.000000244. The molecule has 0 aliphatic rings. The van der Waals surface area contributed by atoms with Crippen LogP contribution in [-0.2, 0) is 19.5 Å². The van der Waals surface area contributed by atoms with E-state index in [1.807, 2.05) is 19.1 Å². The molecule has 0 fully saturated rings. The zero-order chi connectivity index (χ0) is 22.2. The van der Waals surface area contributed by atoms with E-state index in [-0.39, 0.29) is 19.5 Å². The summed E-state index contributed by atoms with van der Waals surface area (Å²) in [6.07, 6.45) is 0. The first-order valence-corrected chi connectivity index (χ1v) is 12.5. The van der Waals surface area contributed by atoms with Crippen LogP contribution in [0.4, 0.5) is 0 Å². The summed E-state index contributed by atoms with van der Waals surface area (Å²) in [6.45, 7) is 6.16. The van der Waals surface area contributed by atoms with Crippen molar-refractivity contribution in [3.63, 3.8) is 0 Å². The van der Waals surface area contributed by atoms with E-state index in [1.54, 1.807) is 0 Å². The van der Waals surface area contributed by atoms with E-state index in [0.717, 1.165) is 11.1 Å². The molecule has 4 aromatic rings. The quantitative estimate of drug-likeness (QED) is 0.174. The monoisotopic (exact) mass is 566 g/mol. The molecule has 0 heterocycles. The van der Waals surface area contributed by atoms with Gasteiger partial charge >= 0.3 is 0 Å². The summed E-state index contributed by atoms with van der Waals surface area (Å²) in [5, 5.41) is 5.58. The Morgan fingerprint density at radius 3 is 1.28 bits per heavy atom. The van der Waals surface area contributed by atoms with E-state index < -0.39 is 7.92 Å². The zero-order valence-corrected chi connectivity index (χ0v) is 22.6. The van der Waals surface area contributed by atoms with Gasteiger partial charge in [-0.25, -0.2) is 0 Å². The molecule has 0 spiro atoms. The average molecular weight is 566 g/mol. The van der Waals surface area contributed by atoms with Gasteiger partial charge in [-0.3, -0.25) is 0 Å². The molecule has 0 bridgehead atoms. The third kappa shape index (κ3) is 7.00. The SMILES string of the molecule is Cc1ccc(C(C)C)c(Cl)c1Cl.[Ru].c1ccc(P(c2ccccc2)c2ccccc2)cc1. The molecular formula is C28H27Cl2PRu. The van der Waals surface area contributed by atoms with Crippen LogP contribution in [0.2, 0.25) is 10.0 Å². The van der Waals surface area contributed by atoms with Crippen LogP contribution in [-0.4, -0.2) is 0 Å². The van der Waals surface area contributed by atoms with E-state index in [1.165, 1.54) is 15.9 Å². The fourth-order valence-electron chi connectivity index (χ4n) is 3.29. The van der Waals surface area contributed by atoms with Crippen molar-refractivity contribution >= 4 is 47.0 Å². The van der Waals surface area contributed by atoms with Crippen LogP contribution in [0.5, 0.6) is 0 Å². The molecule has 0 aromatic heterocycles. The molecular weight excluding hydrogens is 539 g/mol. The molecule has 0 amide bonds. The van der Waals surface area contributed by atoms with Crippen LogP contribution in [0.15, 0.2) is 103 Å². The molecule has 4 aromatic carbocycles. The van der Waals surface area contributed by atoms with E-state index in [4.69, 9.17) is 23.2 Å². The molecule has 0 aliphatic carbocycles. The van der Waals surface area contributed by atoms with E-state index in [9.17, 15) is 0 Å². The molecule has 0 unspecified atom stereocenters. The van der Waals surface area contributed by atoms with Gasteiger partial charge in [0.25, 0.3) is 0 Å². The minimum atomic E-state index is -0.446. The first kappa shape index (κ1) is 26.8. The zero-order valence-electron chi connectivity index (χ0n) is 18.4. The second kappa shape index (κ2) is 13.3. The normalized spacial score (nSPS) is 10.3. The van der Waals surface area contributed by atoms with E-state index in [2.05, 4.69) is 105 Å². The number of halogens is 2. The molecule has 0 atom stereocenters. The Morgan fingerprint density at radius 1 is 0.562 bits per heavy atom. The van der Waals surface area contributed by atoms with Gasteiger partial charge in [0.1, 0.15) is 0 Å². The van der Waals surface area contributed by atoms with Gasteiger partial charge in [-0.1, -0.05) is 140 Å². The predicted octanol–water partition coefficient (Wildman–Crippen LogP) is 7.87. The van der Waals surface area contributed by atoms with Crippen molar-refractivity contribution in [1.82, 2.24) is 0 Å². The van der Waals surface area contributed by atoms with Gasteiger partial charge in [-0.2, -0.15) is 0 Å². The van der Waals surface area contributed by atoms with Crippen LogP contribution >= 0.6 is 31.1 Å². The largest absolute Gasteiger partial charge is 0.0824 e. The van der Waals surface area contributed by atoms with Gasteiger partial charge in [0, 0.05) is 19.5 Å². The fourth-order valence-corrected chi connectivity index (χ4v) is 6.19. The Labute approximate surface area is 216 Å². The smallest absolute Gasteiger partial charge is 0.0629 e. The van der Waals surface area contributed by atoms with E-state index >= 15 is 0 Å². The third-order valence-corrected chi connectivity index (χ3v) is 8.41. The van der Waals surface area contributed by atoms with Crippen LogP contribution in [0.1, 0.15) is 30.9 Å². The molecule has 0 saturated carbocycles. The topological polar surface area (TPSA) is 0 Å². The van der Waals surface area contributed by atoms with Gasteiger partial charge < -0.3 is 0 Å². The minimum Gasteiger partial charge on any atom is -0.0824 e. The summed E-state index contributed by atoms with van der Waals surface area (Å²) in [5.41, 5.74) is 2.15. The van der Waals surface area contributed by atoms with Crippen molar-refractivity contribution in [3.8, 4) is 0 Å². The number of hydrogen-bond acceptors (Lipinski definition) is 0. The first-order valence-electron chi connectivity index (χ1n) is 10.4. The third-order valence-electron chi connectivity index (χ3n) is 4.97. The Hall–Kier alpha value is -1.49. The number of hydrogen-bond donors (Lipinski definition) is 0. The van der Waals surface area contributed by atoms with Crippen LogP contribution < -0.4 is 15.9 Å². The van der Waals surface area contributed by atoms with Crippen molar-refractivity contribution in [1.29, 1.82) is 0 Å². The summed E-state index contributed by atoms with van der Waals surface area (Å²) in [7, 11) is -0.446. The maximum absolute atomic E-state index is 6.06. The van der Waals surface area contributed by atoms with Gasteiger partial charge in [0.15, 0.2) is 0 Å². The minimum absolute atomic E-state index is 0. The predicted molar refractivity (Wildman–Crippen MR) is 140 cm³/mol. The summed E-state index contributed by atoms with van der Waals surface area (Å²) < 4.78 is 0. The molecule has 4 heteroatoms. The molecule has 0 aliphatic heterocycles. The summed E-state index contributed by atoms with van der Waals surface area (Å²) in [6, 6.07) is 36.4. The number of rotatable bonds is 4. The summed E-state index contributed by atoms with van der Waals surface area (Å²) >= 11 is 12.1. The second-order valence-corrected chi connectivity index (χ2v) is 10.6.